The number of rotatable bonds is 4. The topological polar surface area (TPSA) is 91.2 Å². The second-order valence-corrected chi connectivity index (χ2v) is 3.19. The summed E-state index contributed by atoms with van der Waals surface area (Å²) in [6.07, 6.45) is -2.84. The molecular weight excluding hydrogens is 232 g/mol. The summed E-state index contributed by atoms with van der Waals surface area (Å²) in [5, 5.41) is 0. The molecule has 0 atom stereocenters. The molecule has 0 aliphatic carbocycles. The second kappa shape index (κ2) is 5.53. The third-order valence-electron chi connectivity index (χ3n) is 2.09. The van der Waals surface area contributed by atoms with Crippen molar-refractivity contribution in [3.8, 4) is 0 Å². The molecule has 0 amide bonds. The summed E-state index contributed by atoms with van der Waals surface area (Å²) < 4.78 is 30.1. The third-order valence-corrected chi connectivity index (χ3v) is 2.09. The van der Waals surface area contributed by atoms with Gasteiger partial charge in [0.25, 0.3) is 6.43 Å². The van der Waals surface area contributed by atoms with Crippen LogP contribution in [-0.2, 0) is 11.3 Å². The number of esters is 1. The van der Waals surface area contributed by atoms with Crippen molar-refractivity contribution < 1.29 is 18.3 Å². The fraction of sp³-hybridized carbons (Fsp3) is 0.400. The predicted octanol–water partition coefficient (Wildman–Crippen LogP) is 1.24. The van der Waals surface area contributed by atoms with E-state index in [1.807, 2.05) is 0 Å². The van der Waals surface area contributed by atoms with Gasteiger partial charge in [-0.1, -0.05) is 0 Å². The Hall–Kier alpha value is -1.76. The third kappa shape index (κ3) is 2.88. The van der Waals surface area contributed by atoms with Crippen LogP contribution < -0.4 is 11.5 Å². The zero-order valence-electron chi connectivity index (χ0n) is 9.24. The van der Waals surface area contributed by atoms with E-state index in [2.05, 4.69) is 9.72 Å². The van der Waals surface area contributed by atoms with Crippen molar-refractivity contribution in [2.45, 2.75) is 19.9 Å². The van der Waals surface area contributed by atoms with Crippen molar-refractivity contribution in [2.75, 3.05) is 12.3 Å². The Balaban J connectivity index is 3.24. The highest BCUT2D eigenvalue weighted by Crippen LogP contribution is 2.25. The van der Waals surface area contributed by atoms with E-state index in [-0.39, 0.29) is 30.1 Å². The lowest BCUT2D eigenvalue weighted by Crippen LogP contribution is -2.14. The zero-order valence-corrected chi connectivity index (χ0v) is 9.24. The molecule has 1 aromatic rings. The van der Waals surface area contributed by atoms with Gasteiger partial charge in [0, 0.05) is 17.8 Å². The molecule has 1 aromatic heterocycles. The van der Waals surface area contributed by atoms with E-state index in [0.29, 0.717) is 0 Å². The van der Waals surface area contributed by atoms with Crippen molar-refractivity contribution in [3.05, 3.63) is 23.0 Å². The first-order valence-electron chi connectivity index (χ1n) is 4.95. The molecule has 0 aliphatic rings. The Morgan fingerprint density at radius 2 is 2.24 bits per heavy atom. The lowest BCUT2D eigenvalue weighted by molar-refractivity contribution is 0.0518. The van der Waals surface area contributed by atoms with E-state index in [0.717, 1.165) is 0 Å². The molecule has 4 N–H and O–H groups in total. The van der Waals surface area contributed by atoms with Crippen LogP contribution in [0.5, 0.6) is 0 Å². The van der Waals surface area contributed by atoms with Gasteiger partial charge in [-0.3, -0.25) is 0 Å². The van der Waals surface area contributed by atoms with Crippen LogP contribution in [0, 0.1) is 0 Å². The number of anilines is 1. The molecule has 17 heavy (non-hydrogen) atoms. The van der Waals surface area contributed by atoms with Gasteiger partial charge < -0.3 is 16.2 Å². The number of hydrogen-bond acceptors (Lipinski definition) is 5. The molecule has 0 saturated carbocycles. The summed E-state index contributed by atoms with van der Waals surface area (Å²) in [7, 11) is 0. The van der Waals surface area contributed by atoms with Crippen molar-refractivity contribution in [1.29, 1.82) is 0 Å². The van der Waals surface area contributed by atoms with E-state index in [1.165, 1.54) is 6.07 Å². The molecule has 1 rings (SSSR count). The van der Waals surface area contributed by atoms with Crippen molar-refractivity contribution in [2.24, 2.45) is 5.73 Å². The van der Waals surface area contributed by atoms with Crippen molar-refractivity contribution >= 4 is 11.7 Å². The van der Waals surface area contributed by atoms with Gasteiger partial charge in [-0.25, -0.2) is 18.6 Å². The maximum Gasteiger partial charge on any atom is 0.357 e. The number of hydrogen-bond donors (Lipinski definition) is 2. The molecule has 1 heterocycles. The fourth-order valence-electron chi connectivity index (χ4n) is 1.32. The van der Waals surface area contributed by atoms with Gasteiger partial charge in [-0.05, 0) is 13.0 Å². The molecule has 7 heteroatoms. The molecule has 0 fully saturated rings. The number of carbonyl (C=O) groups excluding carboxylic acids is 1. The number of nitrogens with two attached hydrogens (primary N) is 2. The highest BCUT2D eigenvalue weighted by Gasteiger charge is 2.20. The maximum atomic E-state index is 12.7. The molecule has 0 aromatic carbocycles. The molecule has 0 spiro atoms. The summed E-state index contributed by atoms with van der Waals surface area (Å²) in [5.41, 5.74) is 10.1. The average Bonchev–Trinajstić information content (AvgIpc) is 2.28. The lowest BCUT2D eigenvalue weighted by atomic mass is 10.1. The predicted molar refractivity (Wildman–Crippen MR) is 57.5 cm³/mol. The second-order valence-electron chi connectivity index (χ2n) is 3.19. The standard InChI is InChI=1S/C10H13F2N3O2/c1-2-17-10(16)7-3-6(14)5(4-13)8(15-7)9(11)12/h3,9H,2,4,13H2,1H3,(H2,14,15). The number of pyridine rings is 1. The largest absolute Gasteiger partial charge is 0.461 e. The Bertz CT molecular complexity index is 424. The minimum absolute atomic E-state index is 0.0147. The minimum Gasteiger partial charge on any atom is -0.461 e. The Kier molecular flexibility index (Phi) is 4.33. The number of alkyl halides is 2. The number of ether oxygens (including phenoxy) is 1. The van der Waals surface area contributed by atoms with Crippen LogP contribution >= 0.6 is 0 Å². The van der Waals surface area contributed by atoms with E-state index in [1.54, 1.807) is 6.92 Å². The van der Waals surface area contributed by atoms with Crippen LogP contribution in [0.15, 0.2) is 6.07 Å². The van der Waals surface area contributed by atoms with Crippen LogP contribution in [0.25, 0.3) is 0 Å². The fourth-order valence-corrected chi connectivity index (χ4v) is 1.32. The Labute approximate surface area is 96.8 Å². The van der Waals surface area contributed by atoms with E-state index >= 15 is 0 Å². The summed E-state index contributed by atoms with van der Waals surface area (Å²) >= 11 is 0. The van der Waals surface area contributed by atoms with Crippen molar-refractivity contribution in [3.63, 3.8) is 0 Å². The van der Waals surface area contributed by atoms with Crippen LogP contribution in [0.4, 0.5) is 14.5 Å². The first kappa shape index (κ1) is 13.3. The van der Waals surface area contributed by atoms with Gasteiger partial charge in [0.1, 0.15) is 5.69 Å². The summed E-state index contributed by atoms with van der Waals surface area (Å²) in [4.78, 5) is 14.9. The van der Waals surface area contributed by atoms with Gasteiger partial charge in [0.05, 0.1) is 6.61 Å². The number of carbonyl (C=O) groups is 1. The molecule has 0 radical (unpaired) electrons. The number of nitrogens with zero attached hydrogens (tertiary/aromatic N) is 1. The number of nitrogen functional groups attached to an aromatic ring is 1. The lowest BCUT2D eigenvalue weighted by Gasteiger charge is -2.11. The van der Waals surface area contributed by atoms with Gasteiger partial charge in [0.2, 0.25) is 0 Å². The molecule has 5 nitrogen and oxygen atoms in total. The highest BCUT2D eigenvalue weighted by atomic mass is 19.3. The Morgan fingerprint density at radius 1 is 1.59 bits per heavy atom. The zero-order chi connectivity index (χ0) is 13.0. The van der Waals surface area contributed by atoms with Gasteiger partial charge >= 0.3 is 5.97 Å². The van der Waals surface area contributed by atoms with Crippen LogP contribution in [0.3, 0.4) is 0 Å². The van der Waals surface area contributed by atoms with Crippen molar-refractivity contribution in [1.82, 2.24) is 4.98 Å². The quantitative estimate of drug-likeness (QED) is 0.778. The van der Waals surface area contributed by atoms with Gasteiger partial charge in [0.15, 0.2) is 5.69 Å². The first-order valence-corrected chi connectivity index (χ1v) is 4.95. The first-order chi connectivity index (χ1) is 8.01. The van der Waals surface area contributed by atoms with E-state index < -0.39 is 18.1 Å². The molecular formula is C10H13F2N3O2. The highest BCUT2D eigenvalue weighted by molar-refractivity contribution is 5.88. The minimum atomic E-state index is -2.84. The summed E-state index contributed by atoms with van der Waals surface area (Å²) in [6, 6.07) is 1.19. The normalized spacial score (nSPS) is 10.6. The molecule has 0 saturated heterocycles. The molecule has 0 bridgehead atoms. The van der Waals surface area contributed by atoms with Gasteiger partial charge in [-0.2, -0.15) is 0 Å². The average molecular weight is 245 g/mol. The molecule has 0 aliphatic heterocycles. The van der Waals surface area contributed by atoms with Gasteiger partial charge in [-0.15, -0.1) is 0 Å². The van der Waals surface area contributed by atoms with E-state index in [4.69, 9.17) is 11.5 Å². The number of halogens is 2. The summed E-state index contributed by atoms with van der Waals surface area (Å²) in [6.45, 7) is 1.56. The van der Waals surface area contributed by atoms with Crippen LogP contribution in [-0.4, -0.2) is 17.6 Å². The molecule has 94 valence electrons. The monoisotopic (exact) mass is 245 g/mol. The Morgan fingerprint density at radius 3 is 2.71 bits per heavy atom. The smallest absolute Gasteiger partial charge is 0.357 e. The van der Waals surface area contributed by atoms with Crippen LogP contribution in [0.1, 0.15) is 35.1 Å². The summed E-state index contributed by atoms with van der Waals surface area (Å²) in [5.74, 6) is -0.787. The van der Waals surface area contributed by atoms with Crippen LogP contribution in [0.2, 0.25) is 0 Å². The van der Waals surface area contributed by atoms with E-state index in [9.17, 15) is 13.6 Å². The SMILES string of the molecule is CCOC(=O)c1cc(N)c(CN)c(C(F)F)n1. The molecule has 0 unspecified atom stereocenters. The maximum absolute atomic E-state index is 12.7. The number of aromatic nitrogens is 1.